The van der Waals surface area contributed by atoms with Crippen LogP contribution in [0.3, 0.4) is 0 Å². The van der Waals surface area contributed by atoms with Gasteiger partial charge in [0.15, 0.2) is 0 Å². The van der Waals surface area contributed by atoms with Crippen molar-refractivity contribution in [3.8, 4) is 0 Å². The molecule has 0 saturated carbocycles. The molecule has 5 nitrogen and oxygen atoms in total. The molecule has 0 atom stereocenters. The second kappa shape index (κ2) is 6.63. The van der Waals surface area contributed by atoms with E-state index in [4.69, 9.17) is 0 Å². The highest BCUT2D eigenvalue weighted by atomic mass is 16.6. The Balaban J connectivity index is 1.87. The lowest BCUT2D eigenvalue weighted by molar-refractivity contribution is -0.384. The van der Waals surface area contributed by atoms with Gasteiger partial charge >= 0.3 is 0 Å². The first-order chi connectivity index (χ1) is 9.20. The molecule has 0 bridgehead atoms. The molecule has 1 aliphatic heterocycles. The molecular weight excluding hydrogens is 242 g/mol. The normalized spacial score (nSPS) is 15.5. The first-order valence-corrected chi connectivity index (χ1v) is 6.89. The summed E-state index contributed by atoms with van der Waals surface area (Å²) in [6.45, 7) is 6.52. The van der Waals surface area contributed by atoms with Gasteiger partial charge < -0.3 is 5.32 Å². The van der Waals surface area contributed by atoms with Crippen LogP contribution >= 0.6 is 0 Å². The molecule has 0 radical (unpaired) electrons. The van der Waals surface area contributed by atoms with Gasteiger partial charge in [0.25, 0.3) is 5.69 Å². The van der Waals surface area contributed by atoms with Crippen LogP contribution in [-0.4, -0.2) is 42.0 Å². The standard InChI is InChI=1S/C14H21N3O2/c1-2-8-16(14-10-15-11-14)9-7-12-3-5-13(6-4-12)17(18)19/h3-6,14-15H,2,7-11H2,1H3. The zero-order chi connectivity index (χ0) is 13.7. The van der Waals surface area contributed by atoms with Gasteiger partial charge in [0.2, 0.25) is 0 Å². The van der Waals surface area contributed by atoms with Crippen LogP contribution in [0.4, 0.5) is 5.69 Å². The Bertz CT molecular complexity index is 415. The molecule has 1 fully saturated rings. The minimum Gasteiger partial charge on any atom is -0.314 e. The van der Waals surface area contributed by atoms with Crippen LogP contribution in [0.1, 0.15) is 18.9 Å². The van der Waals surface area contributed by atoms with Crippen LogP contribution in [0, 0.1) is 10.1 Å². The molecule has 1 aromatic rings. The smallest absolute Gasteiger partial charge is 0.269 e. The van der Waals surface area contributed by atoms with E-state index in [2.05, 4.69) is 17.1 Å². The predicted molar refractivity (Wildman–Crippen MR) is 75.3 cm³/mol. The van der Waals surface area contributed by atoms with Crippen molar-refractivity contribution >= 4 is 5.69 Å². The number of non-ortho nitro benzene ring substituents is 1. The highest BCUT2D eigenvalue weighted by molar-refractivity contribution is 5.32. The van der Waals surface area contributed by atoms with Gasteiger partial charge in [-0.1, -0.05) is 19.1 Å². The number of nitrogens with zero attached hydrogens (tertiary/aromatic N) is 2. The summed E-state index contributed by atoms with van der Waals surface area (Å²) >= 11 is 0. The Morgan fingerprint density at radius 3 is 2.47 bits per heavy atom. The van der Waals surface area contributed by atoms with Crippen LogP contribution in [0.2, 0.25) is 0 Å². The quantitative estimate of drug-likeness (QED) is 0.602. The third-order valence-electron chi connectivity index (χ3n) is 3.62. The molecule has 0 amide bonds. The van der Waals surface area contributed by atoms with Gasteiger partial charge in [-0.05, 0) is 24.9 Å². The first kappa shape index (κ1) is 14.0. The fourth-order valence-electron chi connectivity index (χ4n) is 2.35. The average molecular weight is 263 g/mol. The van der Waals surface area contributed by atoms with Crippen LogP contribution in [0.15, 0.2) is 24.3 Å². The van der Waals surface area contributed by atoms with Crippen molar-refractivity contribution in [1.82, 2.24) is 10.2 Å². The minimum absolute atomic E-state index is 0.164. The lowest BCUT2D eigenvalue weighted by atomic mass is 10.1. The molecule has 1 aliphatic rings. The molecule has 0 spiro atoms. The summed E-state index contributed by atoms with van der Waals surface area (Å²) in [6, 6.07) is 7.56. The van der Waals surface area contributed by atoms with E-state index in [0.29, 0.717) is 6.04 Å². The Hall–Kier alpha value is -1.46. The number of rotatable bonds is 7. The fourth-order valence-corrected chi connectivity index (χ4v) is 2.35. The van der Waals surface area contributed by atoms with Gasteiger partial charge in [-0.2, -0.15) is 0 Å². The van der Waals surface area contributed by atoms with Crippen molar-refractivity contribution in [2.75, 3.05) is 26.2 Å². The van der Waals surface area contributed by atoms with Gasteiger partial charge in [0, 0.05) is 37.8 Å². The fraction of sp³-hybridized carbons (Fsp3) is 0.571. The van der Waals surface area contributed by atoms with Gasteiger partial charge in [-0.3, -0.25) is 15.0 Å². The van der Waals surface area contributed by atoms with Crippen molar-refractivity contribution in [3.63, 3.8) is 0 Å². The maximum absolute atomic E-state index is 10.6. The Morgan fingerprint density at radius 1 is 1.32 bits per heavy atom. The van der Waals surface area contributed by atoms with Crippen molar-refractivity contribution in [2.45, 2.75) is 25.8 Å². The van der Waals surface area contributed by atoms with E-state index in [-0.39, 0.29) is 10.6 Å². The molecule has 1 N–H and O–H groups in total. The minimum atomic E-state index is -0.354. The van der Waals surface area contributed by atoms with E-state index in [1.807, 2.05) is 12.1 Å². The average Bonchev–Trinajstić information content (AvgIpc) is 2.34. The third kappa shape index (κ3) is 3.75. The maximum atomic E-state index is 10.6. The second-order valence-corrected chi connectivity index (χ2v) is 5.02. The van der Waals surface area contributed by atoms with Crippen molar-refractivity contribution in [3.05, 3.63) is 39.9 Å². The number of hydrogen-bond acceptors (Lipinski definition) is 4. The molecule has 1 aromatic carbocycles. The Labute approximate surface area is 113 Å². The van der Waals surface area contributed by atoms with Crippen molar-refractivity contribution in [2.24, 2.45) is 0 Å². The van der Waals surface area contributed by atoms with Gasteiger partial charge in [-0.15, -0.1) is 0 Å². The molecule has 104 valence electrons. The summed E-state index contributed by atoms with van der Waals surface area (Å²) in [7, 11) is 0. The number of benzene rings is 1. The molecular formula is C14H21N3O2. The number of hydrogen-bond donors (Lipinski definition) is 1. The van der Waals surface area contributed by atoms with E-state index < -0.39 is 0 Å². The maximum Gasteiger partial charge on any atom is 0.269 e. The van der Waals surface area contributed by atoms with Crippen LogP contribution in [-0.2, 0) is 6.42 Å². The molecule has 19 heavy (non-hydrogen) atoms. The van der Waals surface area contributed by atoms with Gasteiger partial charge in [0.1, 0.15) is 0 Å². The SMILES string of the molecule is CCCN(CCc1ccc([N+](=O)[O-])cc1)C1CNC1. The van der Waals surface area contributed by atoms with Crippen molar-refractivity contribution < 1.29 is 4.92 Å². The largest absolute Gasteiger partial charge is 0.314 e. The summed E-state index contributed by atoms with van der Waals surface area (Å²) < 4.78 is 0. The van der Waals surface area contributed by atoms with E-state index in [1.165, 1.54) is 5.56 Å². The van der Waals surface area contributed by atoms with E-state index in [9.17, 15) is 10.1 Å². The number of nitro benzene ring substituents is 1. The van der Waals surface area contributed by atoms with Crippen LogP contribution in [0.25, 0.3) is 0 Å². The lowest BCUT2D eigenvalue weighted by Crippen LogP contribution is -2.57. The van der Waals surface area contributed by atoms with Crippen molar-refractivity contribution in [1.29, 1.82) is 0 Å². The summed E-state index contributed by atoms with van der Waals surface area (Å²) in [6.07, 6.45) is 2.12. The highest BCUT2D eigenvalue weighted by Gasteiger charge is 2.23. The number of nitrogens with one attached hydrogen (secondary N) is 1. The summed E-state index contributed by atoms with van der Waals surface area (Å²) in [5, 5.41) is 13.9. The zero-order valence-corrected chi connectivity index (χ0v) is 11.3. The lowest BCUT2D eigenvalue weighted by Gasteiger charge is -2.38. The van der Waals surface area contributed by atoms with Crippen LogP contribution < -0.4 is 5.32 Å². The monoisotopic (exact) mass is 263 g/mol. The van der Waals surface area contributed by atoms with Gasteiger partial charge in [0.05, 0.1) is 4.92 Å². The second-order valence-electron chi connectivity index (χ2n) is 5.02. The summed E-state index contributed by atoms with van der Waals surface area (Å²) in [5.74, 6) is 0. The Kier molecular flexibility index (Phi) is 4.87. The van der Waals surface area contributed by atoms with E-state index >= 15 is 0 Å². The molecule has 0 aromatic heterocycles. The number of nitro groups is 1. The first-order valence-electron chi connectivity index (χ1n) is 6.89. The molecule has 0 aliphatic carbocycles. The topological polar surface area (TPSA) is 58.4 Å². The summed E-state index contributed by atoms with van der Waals surface area (Å²) in [5.41, 5.74) is 1.33. The predicted octanol–water partition coefficient (Wildman–Crippen LogP) is 1.82. The molecule has 2 rings (SSSR count). The third-order valence-corrected chi connectivity index (χ3v) is 3.62. The summed E-state index contributed by atoms with van der Waals surface area (Å²) in [4.78, 5) is 12.7. The molecule has 5 heteroatoms. The highest BCUT2D eigenvalue weighted by Crippen LogP contribution is 2.13. The van der Waals surface area contributed by atoms with Crippen LogP contribution in [0.5, 0.6) is 0 Å². The Morgan fingerprint density at radius 2 is 2.00 bits per heavy atom. The van der Waals surface area contributed by atoms with Gasteiger partial charge in [-0.25, -0.2) is 0 Å². The zero-order valence-electron chi connectivity index (χ0n) is 11.3. The molecule has 0 unspecified atom stereocenters. The molecule has 1 heterocycles. The molecule has 1 saturated heterocycles. The van der Waals surface area contributed by atoms with E-state index in [1.54, 1.807) is 12.1 Å². The van der Waals surface area contributed by atoms with E-state index in [0.717, 1.165) is 39.0 Å².